The maximum Gasteiger partial charge on any atom is 0.328 e. The second-order valence-corrected chi connectivity index (χ2v) is 10.1. The number of carboxylic acid groups (broad SMARTS) is 1. The number of hydrogen-bond donors (Lipinski definition) is 3. The van der Waals surface area contributed by atoms with Crippen molar-refractivity contribution >= 4 is 33.7 Å². The van der Waals surface area contributed by atoms with Gasteiger partial charge in [0, 0.05) is 17.8 Å². The first-order valence-corrected chi connectivity index (χ1v) is 10.8. The van der Waals surface area contributed by atoms with Crippen LogP contribution in [0.3, 0.4) is 0 Å². The summed E-state index contributed by atoms with van der Waals surface area (Å²) in [6.07, 6.45) is 0.599. The first-order chi connectivity index (χ1) is 15.0. The highest BCUT2D eigenvalue weighted by Crippen LogP contribution is 2.45. The molecule has 1 aromatic heterocycles. The van der Waals surface area contributed by atoms with Crippen LogP contribution < -0.4 is 0 Å². The smallest absolute Gasteiger partial charge is 0.328 e. The molecule has 0 unspecified atom stereocenters. The Morgan fingerprint density at radius 1 is 1.31 bits per heavy atom. The number of carboxylic acids is 1. The number of rotatable bonds is 6. The summed E-state index contributed by atoms with van der Waals surface area (Å²) in [7, 11) is -4.07. The van der Waals surface area contributed by atoms with E-state index in [4.69, 9.17) is 4.52 Å². The van der Waals surface area contributed by atoms with E-state index in [2.05, 4.69) is 10.1 Å². The van der Waals surface area contributed by atoms with Crippen LogP contribution in [0.25, 0.3) is 11.3 Å². The molecule has 1 amide bonds. The Labute approximate surface area is 180 Å². The number of aliphatic carboxylic acids is 1. The first kappa shape index (κ1) is 21.5. The van der Waals surface area contributed by atoms with Crippen LogP contribution in [-0.4, -0.2) is 80.4 Å². The van der Waals surface area contributed by atoms with Crippen LogP contribution in [0.2, 0.25) is 0 Å². The van der Waals surface area contributed by atoms with E-state index >= 15 is 0 Å². The Morgan fingerprint density at radius 3 is 2.66 bits per heavy atom. The van der Waals surface area contributed by atoms with Crippen molar-refractivity contribution in [3.05, 3.63) is 30.0 Å². The van der Waals surface area contributed by atoms with E-state index in [1.165, 1.54) is 24.3 Å². The summed E-state index contributed by atoms with van der Waals surface area (Å²) in [5.41, 5.74) is 0.571. The second-order valence-electron chi connectivity index (χ2n) is 7.60. The van der Waals surface area contributed by atoms with Gasteiger partial charge < -0.3 is 24.7 Å². The molecular formula is C19H17N3O9S. The quantitative estimate of drug-likeness (QED) is 0.231. The van der Waals surface area contributed by atoms with Crippen molar-refractivity contribution in [3.63, 3.8) is 0 Å². The third-order valence-corrected chi connectivity index (χ3v) is 8.28. The number of aromatic hydroxyl groups is 2. The van der Waals surface area contributed by atoms with E-state index < -0.39 is 50.2 Å². The SMILES string of the molecule is C[C@]1(C=NCC(=O)c2cc(-c3ccc(O)c(O)c3)no2)[C@H](C(=O)O)N2C(=O)C[C@H]2S1(=O)=O. The third kappa shape index (κ3) is 3.04. The van der Waals surface area contributed by atoms with Gasteiger partial charge in [0.15, 0.2) is 27.4 Å². The predicted molar refractivity (Wildman–Crippen MR) is 107 cm³/mol. The minimum atomic E-state index is -4.07. The topological polar surface area (TPSA) is 188 Å². The summed E-state index contributed by atoms with van der Waals surface area (Å²) < 4.78 is 28.6. The second kappa shape index (κ2) is 7.15. The van der Waals surface area contributed by atoms with E-state index in [0.717, 1.165) is 18.0 Å². The van der Waals surface area contributed by atoms with Gasteiger partial charge in [0.25, 0.3) is 0 Å². The van der Waals surface area contributed by atoms with Gasteiger partial charge in [-0.1, -0.05) is 5.16 Å². The predicted octanol–water partition coefficient (Wildman–Crippen LogP) is 0.205. The molecular weight excluding hydrogens is 446 g/mol. The van der Waals surface area contributed by atoms with Crippen molar-refractivity contribution < 1.29 is 42.6 Å². The molecule has 2 aliphatic heterocycles. The molecule has 0 saturated carbocycles. The number of Topliss-reactive ketones (excluding diaryl/α,β-unsaturated/α-hetero) is 1. The number of phenolic OH excluding ortho intramolecular Hbond substituents is 2. The van der Waals surface area contributed by atoms with Gasteiger partial charge >= 0.3 is 5.97 Å². The molecule has 3 atom stereocenters. The molecule has 0 radical (unpaired) electrons. The minimum Gasteiger partial charge on any atom is -0.504 e. The Balaban J connectivity index is 1.53. The lowest BCUT2D eigenvalue weighted by Crippen LogP contribution is -2.57. The summed E-state index contributed by atoms with van der Waals surface area (Å²) in [4.78, 5) is 40.5. The number of carbonyl (C=O) groups is 3. The standard InChI is InChI=1S/C19H17N3O9S/c1-19(17(18(27)28)22-15(26)6-16(22)32(19,29)30)8-20-7-13(25)14-5-10(21-31-14)9-2-3-11(23)12(24)4-9/h2-5,8,16-17,23-24H,6-7H2,1H3,(H,27,28)/t16-,17+,19+/m1/s1. The molecule has 2 saturated heterocycles. The molecule has 2 aliphatic rings. The normalized spacial score (nSPS) is 26.2. The lowest BCUT2D eigenvalue weighted by Gasteiger charge is -2.35. The third-order valence-electron chi connectivity index (χ3n) is 5.61. The van der Waals surface area contributed by atoms with Crippen molar-refractivity contribution in [3.8, 4) is 22.8 Å². The van der Waals surface area contributed by atoms with Gasteiger partial charge in [-0.25, -0.2) is 13.2 Å². The molecule has 2 fully saturated rings. The highest BCUT2D eigenvalue weighted by molar-refractivity contribution is 7.94. The summed E-state index contributed by atoms with van der Waals surface area (Å²) in [5.74, 6) is -3.63. The van der Waals surface area contributed by atoms with Crippen molar-refractivity contribution in [1.29, 1.82) is 0 Å². The Morgan fingerprint density at radius 2 is 2.03 bits per heavy atom. The lowest BCUT2D eigenvalue weighted by molar-refractivity contribution is -0.156. The number of fused-ring (bicyclic) bond motifs is 1. The maximum atomic E-state index is 12.8. The number of benzene rings is 1. The van der Waals surface area contributed by atoms with Crippen LogP contribution >= 0.6 is 0 Å². The van der Waals surface area contributed by atoms with Crippen LogP contribution in [-0.2, 0) is 19.4 Å². The Kier molecular flexibility index (Phi) is 4.80. The van der Waals surface area contributed by atoms with Crippen LogP contribution in [0, 0.1) is 0 Å². The fraction of sp³-hybridized carbons (Fsp3) is 0.316. The molecule has 13 heteroatoms. The molecule has 4 rings (SSSR count). The van der Waals surface area contributed by atoms with E-state index in [0.29, 0.717) is 5.56 Å². The zero-order valence-corrected chi connectivity index (χ0v) is 17.3. The fourth-order valence-corrected chi connectivity index (χ4v) is 6.05. The number of ketones is 1. The van der Waals surface area contributed by atoms with Gasteiger partial charge in [0.2, 0.25) is 17.5 Å². The van der Waals surface area contributed by atoms with E-state index in [9.17, 15) is 38.1 Å². The van der Waals surface area contributed by atoms with Crippen molar-refractivity contribution in [2.75, 3.05) is 6.54 Å². The summed E-state index contributed by atoms with van der Waals surface area (Å²) >= 11 is 0. The first-order valence-electron chi connectivity index (χ1n) is 9.28. The van der Waals surface area contributed by atoms with Crippen molar-refractivity contribution in [1.82, 2.24) is 10.1 Å². The number of sulfone groups is 1. The molecule has 0 spiro atoms. The fourth-order valence-electron chi connectivity index (χ4n) is 3.82. The molecule has 168 valence electrons. The Bertz CT molecular complexity index is 1280. The lowest BCUT2D eigenvalue weighted by atomic mass is 9.97. The average molecular weight is 463 g/mol. The molecule has 3 heterocycles. The number of aliphatic imine (C=N–C) groups is 1. The average Bonchev–Trinajstić information content (AvgIpc) is 3.25. The molecule has 2 aromatic rings. The minimum absolute atomic E-state index is 0.196. The maximum absolute atomic E-state index is 12.8. The number of aromatic nitrogens is 1. The molecule has 1 aromatic carbocycles. The van der Waals surface area contributed by atoms with Gasteiger partial charge in [-0.15, -0.1) is 0 Å². The summed E-state index contributed by atoms with van der Waals surface area (Å²) in [6.45, 7) is 0.607. The van der Waals surface area contributed by atoms with Gasteiger partial charge in [0.1, 0.15) is 22.4 Å². The molecule has 12 nitrogen and oxygen atoms in total. The van der Waals surface area contributed by atoms with Crippen molar-refractivity contribution in [2.45, 2.75) is 29.5 Å². The number of phenols is 2. The molecule has 0 aliphatic carbocycles. The number of nitrogens with zero attached hydrogens (tertiary/aromatic N) is 3. The highest BCUT2D eigenvalue weighted by Gasteiger charge is 2.69. The zero-order chi connectivity index (χ0) is 23.4. The van der Waals surface area contributed by atoms with Gasteiger partial charge in [-0.05, 0) is 25.1 Å². The van der Waals surface area contributed by atoms with Crippen LogP contribution in [0.15, 0.2) is 33.8 Å². The molecule has 32 heavy (non-hydrogen) atoms. The van der Waals surface area contributed by atoms with E-state index in [1.807, 2.05) is 0 Å². The van der Waals surface area contributed by atoms with E-state index in [1.54, 1.807) is 0 Å². The van der Waals surface area contributed by atoms with Gasteiger partial charge in [-0.2, -0.15) is 0 Å². The van der Waals surface area contributed by atoms with Gasteiger partial charge in [0.05, 0.1) is 6.42 Å². The Hall–Kier alpha value is -3.74. The van der Waals surface area contributed by atoms with Crippen LogP contribution in [0.4, 0.5) is 0 Å². The number of carbonyl (C=O) groups excluding carboxylic acids is 2. The van der Waals surface area contributed by atoms with E-state index in [-0.39, 0.29) is 29.4 Å². The van der Waals surface area contributed by atoms with Crippen LogP contribution in [0.1, 0.15) is 23.9 Å². The molecule has 0 bridgehead atoms. The zero-order valence-electron chi connectivity index (χ0n) is 16.5. The summed E-state index contributed by atoms with van der Waals surface area (Å²) in [6, 6.07) is 3.55. The van der Waals surface area contributed by atoms with Crippen LogP contribution in [0.5, 0.6) is 11.5 Å². The number of amides is 1. The highest BCUT2D eigenvalue weighted by atomic mass is 32.2. The number of hydrogen-bond acceptors (Lipinski definition) is 10. The summed E-state index contributed by atoms with van der Waals surface area (Å²) in [5, 5.41) is 30.9. The van der Waals surface area contributed by atoms with Gasteiger partial charge in [-0.3, -0.25) is 14.6 Å². The monoisotopic (exact) mass is 463 g/mol. The number of β-lactam (4-membered cyclic amide) rings is 1. The largest absolute Gasteiger partial charge is 0.504 e. The molecule has 3 N–H and O–H groups in total. The van der Waals surface area contributed by atoms with Crippen molar-refractivity contribution in [2.24, 2.45) is 4.99 Å².